The number of aliphatic carboxylic acids is 2. The molecular formula is C13H22O4. The molecule has 2 N–H and O–H groups in total. The second kappa shape index (κ2) is 5.52. The van der Waals surface area contributed by atoms with Crippen LogP contribution in [0.25, 0.3) is 0 Å². The van der Waals surface area contributed by atoms with E-state index in [0.29, 0.717) is 19.3 Å². The highest BCUT2D eigenvalue weighted by molar-refractivity contribution is 5.76. The van der Waals surface area contributed by atoms with Gasteiger partial charge in [0.2, 0.25) is 0 Å². The second-order valence-corrected chi connectivity index (χ2v) is 5.37. The molecule has 0 aromatic carbocycles. The fourth-order valence-electron chi connectivity index (χ4n) is 2.79. The van der Waals surface area contributed by atoms with E-state index in [9.17, 15) is 14.7 Å². The number of rotatable bonds is 5. The molecule has 1 rings (SSSR count). The lowest BCUT2D eigenvalue weighted by Gasteiger charge is -2.40. The number of carboxylic acid groups (broad SMARTS) is 2. The van der Waals surface area contributed by atoms with Crippen LogP contribution in [-0.4, -0.2) is 22.2 Å². The topological polar surface area (TPSA) is 74.6 Å². The van der Waals surface area contributed by atoms with E-state index >= 15 is 0 Å². The molecule has 3 atom stereocenters. The predicted octanol–water partition coefficient (Wildman–Crippen LogP) is 2.77. The summed E-state index contributed by atoms with van der Waals surface area (Å²) in [5.74, 6) is -1.92. The van der Waals surface area contributed by atoms with Crippen molar-refractivity contribution >= 4 is 11.9 Å². The molecule has 0 heterocycles. The Labute approximate surface area is 102 Å². The van der Waals surface area contributed by atoms with E-state index in [0.717, 1.165) is 19.3 Å². The lowest BCUT2D eigenvalue weighted by Crippen LogP contribution is -2.42. The first-order valence-corrected chi connectivity index (χ1v) is 6.38. The summed E-state index contributed by atoms with van der Waals surface area (Å²) in [6, 6.07) is 0. The Morgan fingerprint density at radius 3 is 2.47 bits per heavy atom. The lowest BCUT2D eigenvalue weighted by molar-refractivity contribution is -0.159. The van der Waals surface area contributed by atoms with Gasteiger partial charge in [-0.25, -0.2) is 0 Å². The number of unbranched alkanes of at least 4 members (excludes halogenated alkanes) is 1. The van der Waals surface area contributed by atoms with Crippen molar-refractivity contribution in [3.8, 4) is 0 Å². The highest BCUT2D eigenvalue weighted by Gasteiger charge is 2.46. The van der Waals surface area contributed by atoms with Crippen molar-refractivity contribution in [3.63, 3.8) is 0 Å². The van der Waals surface area contributed by atoms with Crippen LogP contribution in [0.4, 0.5) is 0 Å². The van der Waals surface area contributed by atoms with Gasteiger partial charge in [-0.3, -0.25) is 9.59 Å². The van der Waals surface area contributed by atoms with Gasteiger partial charge in [-0.1, -0.05) is 19.8 Å². The van der Waals surface area contributed by atoms with Crippen molar-refractivity contribution in [3.05, 3.63) is 0 Å². The molecule has 0 amide bonds. The maximum Gasteiger partial charge on any atom is 0.309 e. The lowest BCUT2D eigenvalue weighted by atomic mass is 9.63. The van der Waals surface area contributed by atoms with Crippen LogP contribution < -0.4 is 0 Å². The summed E-state index contributed by atoms with van der Waals surface area (Å²) in [4.78, 5) is 22.4. The van der Waals surface area contributed by atoms with Crippen LogP contribution in [0.2, 0.25) is 0 Å². The van der Waals surface area contributed by atoms with Crippen LogP contribution in [-0.2, 0) is 9.59 Å². The van der Waals surface area contributed by atoms with Crippen molar-refractivity contribution < 1.29 is 19.8 Å². The Hall–Kier alpha value is -1.06. The molecule has 0 aromatic rings. The first-order chi connectivity index (χ1) is 7.91. The van der Waals surface area contributed by atoms with Crippen LogP contribution in [0.15, 0.2) is 0 Å². The van der Waals surface area contributed by atoms with Gasteiger partial charge in [0.15, 0.2) is 0 Å². The zero-order valence-electron chi connectivity index (χ0n) is 10.6. The van der Waals surface area contributed by atoms with Gasteiger partial charge in [0.1, 0.15) is 0 Å². The maximum absolute atomic E-state index is 11.4. The van der Waals surface area contributed by atoms with Crippen LogP contribution >= 0.6 is 0 Å². The number of hydrogen-bond acceptors (Lipinski definition) is 2. The molecular weight excluding hydrogens is 220 g/mol. The quantitative estimate of drug-likeness (QED) is 0.777. The Morgan fingerprint density at radius 1 is 1.35 bits per heavy atom. The largest absolute Gasteiger partial charge is 0.481 e. The van der Waals surface area contributed by atoms with Crippen molar-refractivity contribution in [1.29, 1.82) is 0 Å². The molecule has 1 aliphatic rings. The molecule has 0 bridgehead atoms. The molecule has 3 unspecified atom stereocenters. The van der Waals surface area contributed by atoms with Gasteiger partial charge in [0.25, 0.3) is 0 Å². The molecule has 1 fully saturated rings. The Morgan fingerprint density at radius 2 is 2.00 bits per heavy atom. The third-order valence-electron chi connectivity index (χ3n) is 4.23. The summed E-state index contributed by atoms with van der Waals surface area (Å²) in [7, 11) is 0. The average molecular weight is 242 g/mol. The first-order valence-electron chi connectivity index (χ1n) is 6.38. The molecule has 1 aliphatic carbocycles. The van der Waals surface area contributed by atoms with E-state index in [1.165, 1.54) is 0 Å². The SMILES string of the molecule is CCCCC1CC(C(=O)O)CCC1(C)C(=O)O. The monoisotopic (exact) mass is 242 g/mol. The van der Waals surface area contributed by atoms with Gasteiger partial charge < -0.3 is 10.2 Å². The van der Waals surface area contributed by atoms with Crippen LogP contribution in [0.5, 0.6) is 0 Å². The minimum absolute atomic E-state index is 0.00481. The molecule has 98 valence electrons. The number of carboxylic acids is 2. The number of carbonyl (C=O) groups is 2. The molecule has 4 nitrogen and oxygen atoms in total. The van der Waals surface area contributed by atoms with Gasteiger partial charge in [0, 0.05) is 0 Å². The summed E-state index contributed by atoms with van der Waals surface area (Å²) in [6.07, 6.45) is 4.29. The number of hydrogen-bond donors (Lipinski definition) is 2. The van der Waals surface area contributed by atoms with E-state index in [4.69, 9.17) is 5.11 Å². The summed E-state index contributed by atoms with van der Waals surface area (Å²) in [5.41, 5.74) is -0.735. The van der Waals surface area contributed by atoms with Gasteiger partial charge >= 0.3 is 11.9 Å². The third kappa shape index (κ3) is 2.99. The summed E-state index contributed by atoms with van der Waals surface area (Å²) >= 11 is 0. The minimum atomic E-state index is -0.779. The zero-order valence-corrected chi connectivity index (χ0v) is 10.6. The van der Waals surface area contributed by atoms with Crippen molar-refractivity contribution in [1.82, 2.24) is 0 Å². The van der Waals surface area contributed by atoms with E-state index in [-0.39, 0.29) is 11.8 Å². The predicted molar refractivity (Wildman–Crippen MR) is 63.7 cm³/mol. The van der Waals surface area contributed by atoms with E-state index in [1.54, 1.807) is 6.92 Å². The molecule has 1 saturated carbocycles. The molecule has 0 aliphatic heterocycles. The van der Waals surface area contributed by atoms with Gasteiger partial charge in [0.05, 0.1) is 11.3 Å². The normalized spacial score (nSPS) is 33.3. The summed E-state index contributed by atoms with van der Waals surface area (Å²) in [6.45, 7) is 3.84. The first kappa shape index (κ1) is 14.0. The Kier molecular flexibility index (Phi) is 4.54. The van der Waals surface area contributed by atoms with Gasteiger partial charge in [-0.2, -0.15) is 0 Å². The van der Waals surface area contributed by atoms with E-state index < -0.39 is 17.4 Å². The zero-order chi connectivity index (χ0) is 13.1. The molecule has 17 heavy (non-hydrogen) atoms. The Bertz CT molecular complexity index is 300. The van der Waals surface area contributed by atoms with E-state index in [1.807, 2.05) is 0 Å². The van der Waals surface area contributed by atoms with Crippen molar-refractivity contribution in [2.45, 2.75) is 52.4 Å². The van der Waals surface area contributed by atoms with Crippen molar-refractivity contribution in [2.24, 2.45) is 17.3 Å². The summed E-state index contributed by atoms with van der Waals surface area (Å²) < 4.78 is 0. The molecule has 4 heteroatoms. The van der Waals surface area contributed by atoms with Crippen LogP contribution in [0.3, 0.4) is 0 Å². The fourth-order valence-corrected chi connectivity index (χ4v) is 2.79. The standard InChI is InChI=1S/C13H22O4/c1-3-4-5-10-8-9(11(14)15)6-7-13(10,2)12(16)17/h9-10H,3-8H2,1-2H3,(H,14,15)(H,16,17). The fraction of sp³-hybridized carbons (Fsp3) is 0.846. The maximum atomic E-state index is 11.4. The second-order valence-electron chi connectivity index (χ2n) is 5.37. The average Bonchev–Trinajstić information content (AvgIpc) is 2.27. The Balaban J connectivity index is 2.79. The van der Waals surface area contributed by atoms with E-state index in [2.05, 4.69) is 6.92 Å². The highest BCUT2D eigenvalue weighted by atomic mass is 16.4. The van der Waals surface area contributed by atoms with Gasteiger partial charge in [-0.05, 0) is 38.5 Å². The van der Waals surface area contributed by atoms with Gasteiger partial charge in [-0.15, -0.1) is 0 Å². The minimum Gasteiger partial charge on any atom is -0.481 e. The molecule has 0 spiro atoms. The summed E-state index contributed by atoms with van der Waals surface area (Å²) in [5, 5.41) is 18.4. The molecule has 0 saturated heterocycles. The molecule has 0 aromatic heterocycles. The third-order valence-corrected chi connectivity index (χ3v) is 4.23. The highest BCUT2D eigenvalue weighted by Crippen LogP contribution is 2.46. The van der Waals surface area contributed by atoms with Crippen LogP contribution in [0, 0.1) is 17.3 Å². The smallest absolute Gasteiger partial charge is 0.309 e. The van der Waals surface area contributed by atoms with Crippen LogP contribution in [0.1, 0.15) is 52.4 Å². The molecule has 0 radical (unpaired) electrons. The van der Waals surface area contributed by atoms with Crippen molar-refractivity contribution in [2.75, 3.05) is 0 Å².